The van der Waals surface area contributed by atoms with Crippen LogP contribution in [-0.2, 0) is 11.8 Å². The molecular weight excluding hydrogens is 194 g/mol. The van der Waals surface area contributed by atoms with Gasteiger partial charge in [-0.05, 0) is 35.0 Å². The molecule has 86 valence electrons. The summed E-state index contributed by atoms with van der Waals surface area (Å²) in [5.41, 5.74) is 5.62. The third-order valence-corrected chi connectivity index (χ3v) is 3.33. The van der Waals surface area contributed by atoms with Crippen molar-refractivity contribution in [3.63, 3.8) is 0 Å². The van der Waals surface area contributed by atoms with E-state index in [4.69, 9.17) is 0 Å². The standard InChI is InChI=1S/C15H21N/c1-10(2)11-6-12-7-13(15(3,4)5)9-16-14(12)8-11/h7-10H,6H2,1-5H3. The number of nitrogens with zero attached hydrogens (tertiary/aromatic N) is 1. The van der Waals surface area contributed by atoms with Crippen LogP contribution in [0.15, 0.2) is 17.8 Å². The van der Waals surface area contributed by atoms with Crippen LogP contribution in [0.3, 0.4) is 0 Å². The third-order valence-electron chi connectivity index (χ3n) is 3.33. The van der Waals surface area contributed by atoms with Crippen LogP contribution < -0.4 is 0 Å². The van der Waals surface area contributed by atoms with Crippen LogP contribution in [0.5, 0.6) is 0 Å². The molecule has 0 unspecified atom stereocenters. The molecular formula is C15H21N. The van der Waals surface area contributed by atoms with Gasteiger partial charge in [-0.1, -0.05) is 46.3 Å². The molecule has 0 amide bonds. The van der Waals surface area contributed by atoms with E-state index >= 15 is 0 Å². The molecule has 0 spiro atoms. The van der Waals surface area contributed by atoms with Crippen LogP contribution >= 0.6 is 0 Å². The summed E-state index contributed by atoms with van der Waals surface area (Å²) in [5, 5.41) is 0. The summed E-state index contributed by atoms with van der Waals surface area (Å²) in [5.74, 6) is 0.632. The minimum absolute atomic E-state index is 0.197. The van der Waals surface area contributed by atoms with Gasteiger partial charge in [-0.15, -0.1) is 0 Å². The highest BCUT2D eigenvalue weighted by Gasteiger charge is 2.20. The first-order valence-corrected chi connectivity index (χ1v) is 6.08. The third kappa shape index (κ3) is 2.04. The predicted molar refractivity (Wildman–Crippen MR) is 69.5 cm³/mol. The normalized spacial score (nSPS) is 15.2. The van der Waals surface area contributed by atoms with Gasteiger partial charge < -0.3 is 0 Å². The Morgan fingerprint density at radius 2 is 1.94 bits per heavy atom. The molecule has 1 nitrogen and oxygen atoms in total. The molecule has 0 atom stereocenters. The first-order chi connectivity index (χ1) is 7.38. The van der Waals surface area contributed by atoms with E-state index in [0.717, 1.165) is 6.42 Å². The maximum Gasteiger partial charge on any atom is 0.0664 e. The van der Waals surface area contributed by atoms with Crippen molar-refractivity contribution in [3.05, 3.63) is 34.7 Å². The monoisotopic (exact) mass is 215 g/mol. The summed E-state index contributed by atoms with van der Waals surface area (Å²) in [6.07, 6.45) is 5.37. The molecule has 0 aromatic carbocycles. The van der Waals surface area contributed by atoms with Gasteiger partial charge in [-0.25, -0.2) is 0 Å². The summed E-state index contributed by atoms with van der Waals surface area (Å²) >= 11 is 0. The molecule has 16 heavy (non-hydrogen) atoms. The predicted octanol–water partition coefficient (Wildman–Crippen LogP) is 3.97. The zero-order valence-electron chi connectivity index (χ0n) is 11.0. The average Bonchev–Trinajstić information content (AvgIpc) is 2.58. The number of hydrogen-bond acceptors (Lipinski definition) is 1. The van der Waals surface area contributed by atoms with E-state index in [1.165, 1.54) is 22.4 Å². The Kier molecular flexibility index (Phi) is 2.65. The second-order valence-electron chi connectivity index (χ2n) is 6.07. The number of hydrogen-bond donors (Lipinski definition) is 0. The van der Waals surface area contributed by atoms with Crippen molar-refractivity contribution in [1.82, 2.24) is 4.98 Å². The van der Waals surface area contributed by atoms with E-state index in [1.807, 2.05) is 6.20 Å². The lowest BCUT2D eigenvalue weighted by atomic mass is 9.87. The highest BCUT2D eigenvalue weighted by molar-refractivity contribution is 5.61. The largest absolute Gasteiger partial charge is 0.256 e. The SMILES string of the molecule is CC(C)C1=Cc2ncc(C(C)(C)C)cc2C1. The molecule has 1 heteroatoms. The van der Waals surface area contributed by atoms with Gasteiger partial charge in [-0.2, -0.15) is 0 Å². The molecule has 1 aromatic rings. The van der Waals surface area contributed by atoms with Gasteiger partial charge in [0.15, 0.2) is 0 Å². The van der Waals surface area contributed by atoms with Crippen molar-refractivity contribution in [2.24, 2.45) is 5.92 Å². The van der Waals surface area contributed by atoms with E-state index < -0.39 is 0 Å². The van der Waals surface area contributed by atoms with E-state index in [-0.39, 0.29) is 5.41 Å². The fourth-order valence-electron chi connectivity index (χ4n) is 2.02. The molecule has 0 N–H and O–H groups in total. The van der Waals surface area contributed by atoms with Crippen molar-refractivity contribution in [1.29, 1.82) is 0 Å². The van der Waals surface area contributed by atoms with E-state index in [9.17, 15) is 0 Å². The summed E-state index contributed by atoms with van der Waals surface area (Å²) < 4.78 is 0. The quantitative estimate of drug-likeness (QED) is 0.690. The number of pyridine rings is 1. The van der Waals surface area contributed by atoms with Crippen LogP contribution in [-0.4, -0.2) is 4.98 Å². The summed E-state index contributed by atoms with van der Waals surface area (Å²) in [6, 6.07) is 2.33. The molecule has 1 aromatic heterocycles. The summed E-state index contributed by atoms with van der Waals surface area (Å²) in [6.45, 7) is 11.2. The van der Waals surface area contributed by atoms with E-state index in [2.05, 4.69) is 51.7 Å². The van der Waals surface area contributed by atoms with Crippen molar-refractivity contribution in [3.8, 4) is 0 Å². The Morgan fingerprint density at radius 1 is 1.25 bits per heavy atom. The Bertz CT molecular complexity index is 433. The van der Waals surface area contributed by atoms with Crippen LogP contribution in [0.2, 0.25) is 0 Å². The van der Waals surface area contributed by atoms with Gasteiger partial charge in [-0.3, -0.25) is 4.98 Å². The fourth-order valence-corrected chi connectivity index (χ4v) is 2.02. The number of aromatic nitrogens is 1. The lowest BCUT2D eigenvalue weighted by Crippen LogP contribution is -2.12. The number of rotatable bonds is 1. The minimum Gasteiger partial charge on any atom is -0.256 e. The molecule has 0 saturated heterocycles. The van der Waals surface area contributed by atoms with Gasteiger partial charge >= 0.3 is 0 Å². The Morgan fingerprint density at radius 3 is 2.50 bits per heavy atom. The van der Waals surface area contributed by atoms with Crippen molar-refractivity contribution in [2.75, 3.05) is 0 Å². The Hall–Kier alpha value is -1.11. The molecule has 1 aliphatic carbocycles. The number of fused-ring (bicyclic) bond motifs is 1. The second kappa shape index (κ2) is 3.73. The molecule has 0 saturated carbocycles. The van der Waals surface area contributed by atoms with E-state index in [0.29, 0.717) is 5.92 Å². The maximum atomic E-state index is 4.58. The fraction of sp³-hybridized carbons (Fsp3) is 0.533. The Labute approximate surface area is 98.6 Å². The van der Waals surface area contributed by atoms with Gasteiger partial charge in [0.1, 0.15) is 0 Å². The van der Waals surface area contributed by atoms with Crippen molar-refractivity contribution >= 4 is 6.08 Å². The molecule has 1 aliphatic rings. The van der Waals surface area contributed by atoms with Gasteiger partial charge in [0.2, 0.25) is 0 Å². The zero-order chi connectivity index (χ0) is 11.9. The molecule has 2 rings (SSSR count). The smallest absolute Gasteiger partial charge is 0.0664 e. The van der Waals surface area contributed by atoms with Gasteiger partial charge in [0, 0.05) is 6.20 Å². The van der Waals surface area contributed by atoms with E-state index in [1.54, 1.807) is 0 Å². The van der Waals surface area contributed by atoms with Gasteiger partial charge in [0.25, 0.3) is 0 Å². The van der Waals surface area contributed by atoms with Crippen molar-refractivity contribution in [2.45, 2.75) is 46.5 Å². The molecule has 0 radical (unpaired) electrons. The zero-order valence-corrected chi connectivity index (χ0v) is 11.0. The molecule has 1 heterocycles. The van der Waals surface area contributed by atoms with Gasteiger partial charge in [0.05, 0.1) is 5.69 Å². The lowest BCUT2D eigenvalue weighted by molar-refractivity contribution is 0.586. The van der Waals surface area contributed by atoms with Crippen LogP contribution in [0.4, 0.5) is 0 Å². The van der Waals surface area contributed by atoms with Crippen LogP contribution in [0.25, 0.3) is 6.08 Å². The highest BCUT2D eigenvalue weighted by Crippen LogP contribution is 2.31. The van der Waals surface area contributed by atoms with Crippen molar-refractivity contribution < 1.29 is 0 Å². The second-order valence-corrected chi connectivity index (χ2v) is 6.07. The first kappa shape index (κ1) is 11.4. The average molecular weight is 215 g/mol. The molecule has 0 aliphatic heterocycles. The minimum atomic E-state index is 0.197. The highest BCUT2D eigenvalue weighted by atomic mass is 14.7. The molecule has 0 bridgehead atoms. The first-order valence-electron chi connectivity index (χ1n) is 6.08. The summed E-state index contributed by atoms with van der Waals surface area (Å²) in [7, 11) is 0. The molecule has 0 fully saturated rings. The number of allylic oxidation sites excluding steroid dienone is 1. The topological polar surface area (TPSA) is 12.9 Å². The van der Waals surface area contributed by atoms with Crippen LogP contribution in [0, 0.1) is 5.92 Å². The lowest BCUT2D eigenvalue weighted by Gasteiger charge is -2.19. The van der Waals surface area contributed by atoms with Crippen LogP contribution in [0.1, 0.15) is 51.4 Å². The summed E-state index contributed by atoms with van der Waals surface area (Å²) in [4.78, 5) is 4.58. The maximum absolute atomic E-state index is 4.58. The Balaban J connectivity index is 2.34.